The summed E-state index contributed by atoms with van der Waals surface area (Å²) >= 11 is 0. The van der Waals surface area contributed by atoms with E-state index in [0.29, 0.717) is 5.84 Å². The number of rotatable bonds is 2. The highest BCUT2D eigenvalue weighted by molar-refractivity contribution is 7.87. The summed E-state index contributed by atoms with van der Waals surface area (Å²) in [6.45, 7) is 0. The van der Waals surface area contributed by atoms with Gasteiger partial charge in [0.05, 0.1) is 16.9 Å². The maximum absolute atomic E-state index is 12.5. The van der Waals surface area contributed by atoms with Crippen molar-refractivity contribution in [1.82, 2.24) is 4.31 Å². The lowest BCUT2D eigenvalue weighted by atomic mass is 9.77. The first-order valence-corrected chi connectivity index (χ1v) is 9.79. The van der Waals surface area contributed by atoms with E-state index >= 15 is 0 Å². The van der Waals surface area contributed by atoms with Crippen molar-refractivity contribution in [3.63, 3.8) is 0 Å². The van der Waals surface area contributed by atoms with Gasteiger partial charge in [0, 0.05) is 28.2 Å². The van der Waals surface area contributed by atoms with Gasteiger partial charge in [-0.1, -0.05) is 31.4 Å². The zero-order chi connectivity index (χ0) is 17.5. The maximum atomic E-state index is 12.5. The Labute approximate surface area is 145 Å². The van der Waals surface area contributed by atoms with Gasteiger partial charge in [-0.2, -0.15) is 12.7 Å². The lowest BCUT2D eigenvalue weighted by molar-refractivity contribution is 0.361. The molecule has 1 aliphatic heterocycles. The lowest BCUT2D eigenvalue weighted by Crippen LogP contribution is -2.62. The second-order valence-corrected chi connectivity index (χ2v) is 8.68. The van der Waals surface area contributed by atoms with Crippen LogP contribution in [0, 0.1) is 0 Å². The Balaban J connectivity index is 2.22. The van der Waals surface area contributed by atoms with E-state index in [1.807, 2.05) is 30.1 Å². The predicted octanol–water partition coefficient (Wildman–Crippen LogP) is 2.48. The van der Waals surface area contributed by atoms with Crippen LogP contribution in [-0.4, -0.2) is 52.3 Å². The van der Waals surface area contributed by atoms with Gasteiger partial charge in [0.15, 0.2) is 0 Å². The third kappa shape index (κ3) is 2.59. The Morgan fingerprint density at radius 3 is 2.21 bits per heavy atom. The molecule has 6 nitrogen and oxygen atoms in total. The number of hydrogen-bond acceptors (Lipinski definition) is 3. The van der Waals surface area contributed by atoms with E-state index in [1.165, 1.54) is 24.8 Å². The monoisotopic (exact) mass is 350 g/mol. The second kappa shape index (κ2) is 6.04. The van der Waals surface area contributed by atoms with Crippen molar-refractivity contribution in [3.05, 3.63) is 24.3 Å². The number of fused-ring (bicyclic) bond motifs is 1. The van der Waals surface area contributed by atoms with E-state index in [0.717, 1.165) is 37.1 Å². The molecule has 24 heavy (non-hydrogen) atoms. The minimum absolute atomic E-state index is 0.357. The van der Waals surface area contributed by atoms with Crippen molar-refractivity contribution in [2.24, 2.45) is 4.40 Å². The molecule has 1 aliphatic carbocycles. The highest BCUT2D eigenvalue weighted by atomic mass is 32.2. The molecule has 0 bridgehead atoms. The Kier molecular flexibility index (Phi) is 4.34. The Bertz CT molecular complexity index is 752. The lowest BCUT2D eigenvalue weighted by Gasteiger charge is -2.52. The zero-order valence-electron chi connectivity index (χ0n) is 14.9. The molecule has 1 saturated carbocycles. The topological polar surface area (TPSA) is 56.2 Å². The number of anilines is 2. The highest BCUT2D eigenvalue weighted by Crippen LogP contribution is 2.45. The van der Waals surface area contributed by atoms with Crippen LogP contribution in [0.2, 0.25) is 0 Å². The molecule has 0 aromatic heterocycles. The third-order valence-corrected chi connectivity index (χ3v) is 6.65. The van der Waals surface area contributed by atoms with Crippen molar-refractivity contribution in [2.45, 2.75) is 37.6 Å². The second-order valence-electron chi connectivity index (χ2n) is 6.87. The van der Waals surface area contributed by atoms with Crippen molar-refractivity contribution in [1.29, 1.82) is 0 Å². The average Bonchev–Trinajstić information content (AvgIpc) is 2.58. The van der Waals surface area contributed by atoms with Crippen LogP contribution in [0.5, 0.6) is 0 Å². The summed E-state index contributed by atoms with van der Waals surface area (Å²) in [7, 11) is 3.35. The van der Waals surface area contributed by atoms with Crippen LogP contribution in [0.3, 0.4) is 0 Å². The summed E-state index contributed by atoms with van der Waals surface area (Å²) in [5.74, 6) is 0.636. The van der Waals surface area contributed by atoms with Crippen molar-refractivity contribution < 1.29 is 8.42 Å². The Hall–Kier alpha value is -1.60. The van der Waals surface area contributed by atoms with E-state index in [4.69, 9.17) is 0 Å². The summed E-state index contributed by atoms with van der Waals surface area (Å²) in [5, 5.41) is 0. The van der Waals surface area contributed by atoms with Gasteiger partial charge in [-0.05, 0) is 25.0 Å². The molecule has 1 aromatic carbocycles. The molecule has 132 valence electrons. The molecule has 0 N–H and O–H groups in total. The quantitative estimate of drug-likeness (QED) is 0.822. The summed E-state index contributed by atoms with van der Waals surface area (Å²) in [6, 6.07) is 8.11. The van der Waals surface area contributed by atoms with Gasteiger partial charge in [0.25, 0.3) is 0 Å². The van der Waals surface area contributed by atoms with Crippen molar-refractivity contribution in [3.8, 4) is 0 Å². The summed E-state index contributed by atoms with van der Waals surface area (Å²) < 4.78 is 30.4. The van der Waals surface area contributed by atoms with E-state index in [9.17, 15) is 8.42 Å². The van der Waals surface area contributed by atoms with E-state index in [-0.39, 0.29) is 5.54 Å². The van der Waals surface area contributed by atoms with Crippen molar-refractivity contribution >= 4 is 27.4 Å². The minimum atomic E-state index is -3.68. The fourth-order valence-electron chi connectivity index (χ4n) is 3.87. The number of likely N-dealkylation sites (N-methyl/N-ethyl adjacent to an activating group) is 2. The predicted molar refractivity (Wildman–Crippen MR) is 99.1 cm³/mol. The molecule has 0 atom stereocenters. The molecule has 0 radical (unpaired) electrons. The number of hydrogen-bond donors (Lipinski definition) is 0. The van der Waals surface area contributed by atoms with Crippen LogP contribution in [0.15, 0.2) is 28.7 Å². The number of para-hydroxylation sites is 2. The van der Waals surface area contributed by atoms with Gasteiger partial charge >= 0.3 is 10.2 Å². The SMILES string of the molecule is CN1/C(=N/S(=O)(=O)N(C)C)C2(CCCCC2)N(C)c2ccccc21. The molecular weight excluding hydrogens is 324 g/mol. The van der Waals surface area contributed by atoms with Gasteiger partial charge in [-0.3, -0.25) is 0 Å². The minimum Gasteiger partial charge on any atom is -0.360 e. The van der Waals surface area contributed by atoms with E-state index in [2.05, 4.69) is 22.4 Å². The fraction of sp³-hybridized carbons (Fsp3) is 0.588. The van der Waals surface area contributed by atoms with Crippen LogP contribution in [0.25, 0.3) is 0 Å². The van der Waals surface area contributed by atoms with Gasteiger partial charge in [0.2, 0.25) is 0 Å². The first-order valence-electron chi connectivity index (χ1n) is 8.39. The molecule has 3 rings (SSSR count). The molecule has 2 aliphatic rings. The van der Waals surface area contributed by atoms with Crippen LogP contribution in [0.1, 0.15) is 32.1 Å². The first-order chi connectivity index (χ1) is 11.3. The van der Waals surface area contributed by atoms with Crippen molar-refractivity contribution in [2.75, 3.05) is 38.0 Å². The Morgan fingerprint density at radius 2 is 1.62 bits per heavy atom. The van der Waals surface area contributed by atoms with Gasteiger partial charge in [-0.25, -0.2) is 0 Å². The molecule has 1 heterocycles. The Morgan fingerprint density at radius 1 is 1.04 bits per heavy atom. The largest absolute Gasteiger partial charge is 0.360 e. The highest BCUT2D eigenvalue weighted by Gasteiger charge is 2.48. The normalized spacial score (nSPS) is 22.3. The number of nitrogens with zero attached hydrogens (tertiary/aromatic N) is 4. The smallest absolute Gasteiger partial charge is 0.323 e. The van der Waals surface area contributed by atoms with Crippen LogP contribution >= 0.6 is 0 Å². The molecule has 1 aromatic rings. The molecular formula is C17H26N4O2S. The summed E-state index contributed by atoms with van der Waals surface area (Å²) in [5.41, 5.74) is 1.76. The van der Waals surface area contributed by atoms with Gasteiger partial charge in [0.1, 0.15) is 5.84 Å². The first kappa shape index (κ1) is 17.2. The molecule has 1 spiro atoms. The molecule has 1 fully saturated rings. The molecule has 0 amide bonds. The zero-order valence-corrected chi connectivity index (χ0v) is 15.7. The van der Waals surface area contributed by atoms with Crippen LogP contribution in [0.4, 0.5) is 11.4 Å². The standard InChI is InChI=1S/C17H26N4O2S/c1-19(2)24(22,23)18-16-17(12-8-5-9-13-17)21(4)15-11-7-6-10-14(15)20(16)3/h6-7,10-11H,5,8-9,12-13H2,1-4H3/b18-16+. The van der Waals surface area contributed by atoms with E-state index < -0.39 is 10.2 Å². The van der Waals surface area contributed by atoms with E-state index in [1.54, 1.807) is 0 Å². The van der Waals surface area contributed by atoms with Crippen LogP contribution in [-0.2, 0) is 10.2 Å². The molecule has 0 unspecified atom stereocenters. The summed E-state index contributed by atoms with van der Waals surface area (Å²) in [6.07, 6.45) is 5.20. The number of benzene rings is 1. The molecule has 7 heteroatoms. The van der Waals surface area contributed by atoms with Gasteiger partial charge < -0.3 is 9.80 Å². The number of amidine groups is 1. The summed E-state index contributed by atoms with van der Waals surface area (Å²) in [4.78, 5) is 4.20. The van der Waals surface area contributed by atoms with Gasteiger partial charge in [-0.15, -0.1) is 4.40 Å². The van der Waals surface area contributed by atoms with Crippen LogP contribution < -0.4 is 9.80 Å². The fourth-order valence-corrected chi connectivity index (χ4v) is 4.55. The maximum Gasteiger partial charge on any atom is 0.323 e. The molecule has 0 saturated heterocycles. The average molecular weight is 350 g/mol. The third-order valence-electron chi connectivity index (χ3n) is 5.32.